The Bertz CT molecular complexity index is 1210. The third-order valence-electron chi connectivity index (χ3n) is 5.28. The zero-order valence-electron chi connectivity index (χ0n) is 17.8. The molecule has 164 valence electrons. The zero-order valence-corrected chi connectivity index (χ0v) is 17.8. The molecular weight excluding hydrogens is 406 g/mol. The number of carbonyl (C=O) groups excluding carboxylic acids is 2. The maximum absolute atomic E-state index is 13.2. The van der Waals surface area contributed by atoms with Crippen molar-refractivity contribution in [3.63, 3.8) is 0 Å². The van der Waals surface area contributed by atoms with Crippen LogP contribution >= 0.6 is 0 Å². The lowest BCUT2D eigenvalue weighted by atomic mass is 10.1. The molecular formula is C23H25N7O2. The highest BCUT2D eigenvalue weighted by atomic mass is 16.2. The number of nitrogens with one attached hydrogen (secondary N) is 3. The van der Waals surface area contributed by atoms with Crippen LogP contribution in [0.1, 0.15) is 18.4 Å². The summed E-state index contributed by atoms with van der Waals surface area (Å²) >= 11 is 0. The number of nitrogens with zero attached hydrogens (tertiary/aromatic N) is 3. The summed E-state index contributed by atoms with van der Waals surface area (Å²) in [6.07, 6.45) is 11.0. The number of rotatable bonds is 6. The minimum Gasteiger partial charge on any atom is -0.388 e. The van der Waals surface area contributed by atoms with Crippen LogP contribution in [-0.4, -0.2) is 45.5 Å². The van der Waals surface area contributed by atoms with Crippen LogP contribution in [-0.2, 0) is 16.1 Å². The second kappa shape index (κ2) is 9.34. The fourth-order valence-corrected chi connectivity index (χ4v) is 3.62. The average Bonchev–Trinajstić information content (AvgIpc) is 3.32. The highest BCUT2D eigenvalue weighted by Crippen LogP contribution is 2.24. The zero-order chi connectivity index (χ0) is 22.5. The van der Waals surface area contributed by atoms with Crippen LogP contribution in [0.25, 0.3) is 10.9 Å². The third-order valence-corrected chi connectivity index (χ3v) is 5.28. The Morgan fingerprint density at radius 3 is 2.88 bits per heavy atom. The van der Waals surface area contributed by atoms with Crippen LogP contribution < -0.4 is 16.4 Å². The van der Waals surface area contributed by atoms with Crippen LogP contribution in [0.2, 0.25) is 0 Å². The minimum absolute atomic E-state index is 0.292. The van der Waals surface area contributed by atoms with Gasteiger partial charge < -0.3 is 21.3 Å². The molecule has 0 aliphatic heterocycles. The second-order valence-electron chi connectivity index (χ2n) is 7.54. The molecule has 0 radical (unpaired) electrons. The van der Waals surface area contributed by atoms with E-state index in [4.69, 9.17) is 5.73 Å². The summed E-state index contributed by atoms with van der Waals surface area (Å²) < 4.78 is 0. The van der Waals surface area contributed by atoms with E-state index in [0.717, 1.165) is 29.7 Å². The molecule has 0 bridgehead atoms. The summed E-state index contributed by atoms with van der Waals surface area (Å²) in [7, 11) is 1.84. The number of fused-ring (bicyclic) bond motifs is 1. The van der Waals surface area contributed by atoms with Crippen molar-refractivity contribution in [1.82, 2.24) is 20.1 Å². The smallest absolute Gasteiger partial charge is 0.314 e. The summed E-state index contributed by atoms with van der Waals surface area (Å²) in [6, 6.07) is 7.75. The summed E-state index contributed by atoms with van der Waals surface area (Å²) in [4.78, 5) is 31.7. The lowest BCUT2D eigenvalue weighted by Gasteiger charge is -2.24. The summed E-state index contributed by atoms with van der Waals surface area (Å²) in [5, 5.41) is 13.1. The maximum atomic E-state index is 13.2. The number of aromatic nitrogens is 3. The summed E-state index contributed by atoms with van der Waals surface area (Å²) in [6.45, 7) is 0.637. The normalized spacial score (nSPS) is 13.0. The van der Waals surface area contributed by atoms with Crippen LogP contribution in [0.5, 0.6) is 0 Å². The van der Waals surface area contributed by atoms with E-state index in [0.29, 0.717) is 35.5 Å². The highest BCUT2D eigenvalue weighted by Gasteiger charge is 2.24. The van der Waals surface area contributed by atoms with Crippen LogP contribution in [0.3, 0.4) is 0 Å². The third kappa shape index (κ3) is 4.61. The van der Waals surface area contributed by atoms with E-state index >= 15 is 0 Å². The number of amides is 2. The van der Waals surface area contributed by atoms with Crippen LogP contribution in [0.4, 0.5) is 17.2 Å². The van der Waals surface area contributed by atoms with Gasteiger partial charge in [-0.15, -0.1) is 0 Å². The maximum Gasteiger partial charge on any atom is 0.314 e. The predicted octanol–water partition coefficient (Wildman–Crippen LogP) is 2.83. The van der Waals surface area contributed by atoms with Gasteiger partial charge in [0.25, 0.3) is 0 Å². The van der Waals surface area contributed by atoms with E-state index in [1.807, 2.05) is 37.4 Å². The number of nitrogen functional groups attached to an aromatic ring is 1. The SMILES string of the molecule is CNc1cccc(CN(CC2=CCCC=C2)C(=O)C(=O)Nc2cnc(N)c3cn[nH]c23)c1. The number of hydrogen-bond donors (Lipinski definition) is 4. The number of nitrogens with two attached hydrogens (primary N) is 1. The number of carbonyl (C=O) groups is 2. The molecule has 9 nitrogen and oxygen atoms in total. The fraction of sp³-hybridized carbons (Fsp3) is 0.217. The van der Waals surface area contributed by atoms with E-state index in [2.05, 4.69) is 38.0 Å². The predicted molar refractivity (Wildman–Crippen MR) is 125 cm³/mol. The number of hydrogen-bond acceptors (Lipinski definition) is 6. The number of allylic oxidation sites excluding steroid dienone is 2. The van der Waals surface area contributed by atoms with Gasteiger partial charge in [0.15, 0.2) is 0 Å². The molecule has 1 aromatic carbocycles. The van der Waals surface area contributed by atoms with Gasteiger partial charge in [-0.1, -0.05) is 30.4 Å². The van der Waals surface area contributed by atoms with Gasteiger partial charge in [0, 0.05) is 25.8 Å². The molecule has 32 heavy (non-hydrogen) atoms. The van der Waals surface area contributed by atoms with E-state index in [1.54, 1.807) is 4.90 Å². The average molecular weight is 432 g/mol. The van der Waals surface area contributed by atoms with E-state index in [1.165, 1.54) is 12.4 Å². The van der Waals surface area contributed by atoms with Crippen molar-refractivity contribution in [1.29, 1.82) is 0 Å². The Labute approximate surface area is 185 Å². The Morgan fingerprint density at radius 1 is 1.22 bits per heavy atom. The van der Waals surface area contributed by atoms with Crippen molar-refractivity contribution in [3.05, 3.63) is 66.0 Å². The van der Waals surface area contributed by atoms with Crippen molar-refractivity contribution in [2.24, 2.45) is 0 Å². The molecule has 2 aromatic heterocycles. The number of benzene rings is 1. The van der Waals surface area contributed by atoms with Gasteiger partial charge in [-0.05, 0) is 36.1 Å². The molecule has 0 spiro atoms. The Kier molecular flexibility index (Phi) is 6.16. The number of anilines is 3. The molecule has 2 heterocycles. The van der Waals surface area contributed by atoms with Gasteiger partial charge in [-0.2, -0.15) is 5.10 Å². The molecule has 3 aromatic rings. The molecule has 1 aliphatic carbocycles. The summed E-state index contributed by atoms with van der Waals surface area (Å²) in [5.74, 6) is -1.10. The second-order valence-corrected chi connectivity index (χ2v) is 7.54. The number of pyridine rings is 1. The molecule has 0 atom stereocenters. The monoisotopic (exact) mass is 431 g/mol. The molecule has 0 unspecified atom stereocenters. The summed E-state index contributed by atoms with van der Waals surface area (Å²) in [5.41, 5.74) is 9.57. The molecule has 0 saturated heterocycles. The Balaban J connectivity index is 1.57. The van der Waals surface area contributed by atoms with E-state index in [9.17, 15) is 9.59 Å². The first-order valence-electron chi connectivity index (χ1n) is 10.3. The number of aromatic amines is 1. The first-order chi connectivity index (χ1) is 15.5. The number of H-pyrrole nitrogens is 1. The first kappa shape index (κ1) is 21.1. The van der Waals surface area contributed by atoms with Crippen molar-refractivity contribution < 1.29 is 9.59 Å². The molecule has 5 N–H and O–H groups in total. The molecule has 1 aliphatic rings. The molecule has 2 amide bonds. The lowest BCUT2D eigenvalue weighted by molar-refractivity contribution is -0.143. The van der Waals surface area contributed by atoms with E-state index < -0.39 is 11.8 Å². The van der Waals surface area contributed by atoms with Gasteiger partial charge in [0.2, 0.25) is 0 Å². The van der Waals surface area contributed by atoms with Gasteiger partial charge in [0.1, 0.15) is 5.82 Å². The van der Waals surface area contributed by atoms with Crippen molar-refractivity contribution >= 4 is 39.9 Å². The van der Waals surface area contributed by atoms with E-state index in [-0.39, 0.29) is 0 Å². The Morgan fingerprint density at radius 2 is 2.09 bits per heavy atom. The first-order valence-corrected chi connectivity index (χ1v) is 10.3. The quantitative estimate of drug-likeness (QED) is 0.444. The molecule has 0 saturated carbocycles. The highest BCUT2D eigenvalue weighted by molar-refractivity contribution is 6.40. The fourth-order valence-electron chi connectivity index (χ4n) is 3.62. The Hall–Kier alpha value is -4.14. The standard InChI is InChI=1S/C23H25N7O2/c1-25-17-9-5-8-16(10-17)14-30(13-15-6-3-2-4-7-15)23(32)22(31)28-19-12-26-21(24)18-11-27-29-20(18)19/h3,5-12,25H,2,4,13-14H2,1H3,(H2,24,26)(H,27,29)(H,28,31). The van der Waals surface area contributed by atoms with Crippen LogP contribution in [0, 0.1) is 0 Å². The van der Waals surface area contributed by atoms with Crippen molar-refractivity contribution in [2.45, 2.75) is 19.4 Å². The largest absolute Gasteiger partial charge is 0.388 e. The lowest BCUT2D eigenvalue weighted by Crippen LogP contribution is -2.40. The van der Waals surface area contributed by atoms with Gasteiger partial charge in [-0.25, -0.2) is 4.98 Å². The van der Waals surface area contributed by atoms with Gasteiger partial charge in [0.05, 0.1) is 29.0 Å². The van der Waals surface area contributed by atoms with Crippen LogP contribution in [0.15, 0.2) is 60.5 Å². The minimum atomic E-state index is -0.752. The van der Waals surface area contributed by atoms with Crippen molar-refractivity contribution in [3.8, 4) is 0 Å². The van der Waals surface area contributed by atoms with Gasteiger partial charge >= 0.3 is 11.8 Å². The molecule has 0 fully saturated rings. The molecule has 9 heteroatoms. The van der Waals surface area contributed by atoms with Gasteiger partial charge in [-0.3, -0.25) is 14.7 Å². The topological polar surface area (TPSA) is 129 Å². The molecule has 4 rings (SSSR count). The van der Waals surface area contributed by atoms with Crippen molar-refractivity contribution in [2.75, 3.05) is 30.0 Å².